The lowest BCUT2D eigenvalue weighted by Crippen LogP contribution is -2.67. The molecule has 0 aromatic carbocycles. The van der Waals surface area contributed by atoms with E-state index >= 15 is 0 Å². The van der Waals surface area contributed by atoms with Crippen molar-refractivity contribution in [1.82, 2.24) is 0 Å². The highest BCUT2D eigenvalue weighted by Crippen LogP contribution is 2.75. The van der Waals surface area contributed by atoms with Crippen LogP contribution in [0.5, 0.6) is 0 Å². The number of ether oxygens (including phenoxy) is 10. The number of methoxy groups -OCH3 is 1. The molecular weight excluding hydrogens is 1160 g/mol. The van der Waals surface area contributed by atoms with Crippen molar-refractivity contribution >= 4 is 32.6 Å². The van der Waals surface area contributed by atoms with Gasteiger partial charge in [-0.15, -0.1) is 6.58 Å². The second-order valence-corrected chi connectivity index (χ2v) is 28.0. The van der Waals surface area contributed by atoms with Gasteiger partial charge in [-0.05, 0) is 100 Å². The van der Waals surface area contributed by atoms with Crippen LogP contribution in [-0.2, 0) is 86.1 Å². The third kappa shape index (κ3) is 11.9. The lowest BCUT2D eigenvalue weighted by molar-refractivity contribution is -0.390. The molecule has 9 rings (SSSR count). The van der Waals surface area contributed by atoms with Crippen LogP contribution >= 0.6 is 0 Å². The summed E-state index contributed by atoms with van der Waals surface area (Å²) in [5.41, 5.74) is -1.43. The van der Waals surface area contributed by atoms with Gasteiger partial charge in [-0.3, -0.25) is 18.7 Å². The van der Waals surface area contributed by atoms with E-state index in [9.17, 15) is 71.8 Å². The molecule has 3 saturated carbocycles. The fourth-order valence-corrected chi connectivity index (χ4v) is 16.7. The number of hydrogen-bond donors (Lipinski definition) is 10. The Morgan fingerprint density at radius 3 is 1.87 bits per heavy atom. The molecule has 1 spiro atoms. The minimum atomic E-state index is -5.21. The van der Waals surface area contributed by atoms with Crippen LogP contribution in [0.15, 0.2) is 23.8 Å². The summed E-state index contributed by atoms with van der Waals surface area (Å²) in [7, 11) is -9.14. The van der Waals surface area contributed by atoms with Crippen LogP contribution in [0.25, 0.3) is 0 Å². The number of ketones is 1. The van der Waals surface area contributed by atoms with Crippen molar-refractivity contribution in [3.8, 4) is 0 Å². The second kappa shape index (κ2) is 24.1. The van der Waals surface area contributed by atoms with Crippen molar-refractivity contribution in [3.63, 3.8) is 0 Å². The first kappa shape index (κ1) is 66.1. The predicted octanol–water partition coefficient (Wildman–Crippen LogP) is -0.555. The van der Waals surface area contributed by atoms with Gasteiger partial charge >= 0.3 is 26.8 Å². The summed E-state index contributed by atoms with van der Waals surface area (Å²) in [6.07, 6.45) is -27.6. The maximum absolute atomic E-state index is 14.4. The van der Waals surface area contributed by atoms with Gasteiger partial charge in [0.15, 0.2) is 25.2 Å². The zero-order valence-corrected chi connectivity index (χ0v) is 49.8. The number of esters is 1. The van der Waals surface area contributed by atoms with E-state index in [-0.39, 0.29) is 30.0 Å². The first-order valence-corrected chi connectivity index (χ1v) is 31.3. The van der Waals surface area contributed by atoms with E-state index < -0.39 is 197 Å². The first-order valence-electron chi connectivity index (χ1n) is 28.6. The Labute approximate surface area is 487 Å². The average Bonchev–Trinajstić information content (AvgIpc) is 1.46. The highest BCUT2D eigenvalue weighted by Gasteiger charge is 2.79. The van der Waals surface area contributed by atoms with E-state index in [1.54, 1.807) is 0 Å². The van der Waals surface area contributed by atoms with Crippen LogP contribution in [0.1, 0.15) is 106 Å². The number of carbonyl (C=O) groups is 2. The summed E-state index contributed by atoms with van der Waals surface area (Å²) in [6, 6.07) is 0. The molecule has 8 fully saturated rings. The standard InChI is InChI=1S/C54H84O28S2/c1-23(2)11-10-16-53(8)44-27(55)19-52(7)26-12-13-31-50(4,5)32(15-17-51(31,6)25(26)14-18-54(44,52)49(64)82-53)78-48-43(33(57)28(56)20-72-48)81-47-39(63)42(35(59)30(77-47)22-74-84(68,69)70)80-45-37(61)36(60)40(24(3)75-45)79-46-38(62)41(71-9)34(58)29(76-46)21-73-83(65,66)67/h14,24,26,28-48,56-63H,1,10-13,15-22H2,2-9H3,(H,65,66,67)(H,68,69,70)/t24-,26-,28-,29-,30-,31+,32+,33+,34-,35-,36-,37-,38-,39-,40-,41+,42+,43-,44-,45+,46+,47+,48+,51-,52+,53+,54-/m1/s1. The Balaban J connectivity index is 0.906. The van der Waals surface area contributed by atoms with Crippen molar-refractivity contribution in [2.24, 2.45) is 39.4 Å². The molecule has 0 bridgehead atoms. The topological polar surface area (TPSA) is 415 Å². The Morgan fingerprint density at radius 2 is 1.27 bits per heavy atom. The molecule has 27 atom stereocenters. The summed E-state index contributed by atoms with van der Waals surface area (Å²) in [5, 5.41) is 90.7. The molecule has 480 valence electrons. The number of fused-ring (bicyclic) bond motifs is 4. The molecule has 0 radical (unpaired) electrons. The second-order valence-electron chi connectivity index (χ2n) is 25.9. The van der Waals surface area contributed by atoms with Gasteiger partial charge in [-0.1, -0.05) is 44.9 Å². The molecule has 28 nitrogen and oxygen atoms in total. The van der Waals surface area contributed by atoms with Crippen LogP contribution in [0.3, 0.4) is 0 Å². The highest BCUT2D eigenvalue weighted by molar-refractivity contribution is 7.81. The Morgan fingerprint density at radius 1 is 0.702 bits per heavy atom. The van der Waals surface area contributed by atoms with Gasteiger partial charge in [0.25, 0.3) is 0 Å². The molecule has 5 heterocycles. The fraction of sp³-hybridized carbons (Fsp3) is 0.889. The molecule has 4 aliphatic carbocycles. The molecular formula is C54H84O28S2. The molecule has 84 heavy (non-hydrogen) atoms. The molecule has 0 aromatic rings. The number of cyclic esters (lactones) is 1. The number of carbonyl (C=O) groups excluding carboxylic acids is 2. The van der Waals surface area contributed by atoms with E-state index in [1.807, 2.05) is 13.8 Å². The number of aliphatic hydroxyl groups excluding tert-OH is 8. The van der Waals surface area contributed by atoms with Crippen LogP contribution < -0.4 is 0 Å². The predicted molar refractivity (Wildman–Crippen MR) is 282 cm³/mol. The highest BCUT2D eigenvalue weighted by atomic mass is 32.3. The van der Waals surface area contributed by atoms with Gasteiger partial charge in [0.05, 0.1) is 43.4 Å². The van der Waals surface area contributed by atoms with Crippen molar-refractivity contribution in [3.05, 3.63) is 23.8 Å². The third-order valence-corrected chi connectivity index (χ3v) is 21.1. The smallest absolute Gasteiger partial charge is 0.397 e. The zero-order chi connectivity index (χ0) is 61.8. The zero-order valence-electron chi connectivity index (χ0n) is 48.2. The number of allylic oxidation sites excluding steroid dienone is 3. The fourth-order valence-electron chi connectivity index (χ4n) is 16.1. The third-order valence-electron chi connectivity index (χ3n) is 20.3. The lowest BCUT2D eigenvalue weighted by Gasteiger charge is -2.63. The van der Waals surface area contributed by atoms with E-state index in [2.05, 4.69) is 48.7 Å². The van der Waals surface area contributed by atoms with Gasteiger partial charge in [0, 0.05) is 13.5 Å². The maximum atomic E-state index is 14.4. The summed E-state index contributed by atoms with van der Waals surface area (Å²) < 4.78 is 133. The van der Waals surface area contributed by atoms with Gasteiger partial charge in [0.2, 0.25) is 0 Å². The van der Waals surface area contributed by atoms with Crippen molar-refractivity contribution in [2.75, 3.05) is 26.9 Å². The minimum absolute atomic E-state index is 0.0256. The number of rotatable bonds is 19. The monoisotopic (exact) mass is 1240 g/mol. The number of Topliss-reactive ketones (excluding diaryl/α,β-unsaturated/α-hetero) is 1. The number of aliphatic hydroxyl groups is 8. The Hall–Kier alpha value is -2.32. The van der Waals surface area contributed by atoms with E-state index in [0.717, 1.165) is 25.5 Å². The average molecular weight is 1250 g/mol. The van der Waals surface area contributed by atoms with Crippen LogP contribution in [0.4, 0.5) is 0 Å². The molecule has 5 saturated heterocycles. The maximum Gasteiger partial charge on any atom is 0.397 e. The normalized spacial score (nSPS) is 48.5. The van der Waals surface area contributed by atoms with E-state index in [1.165, 1.54) is 12.5 Å². The van der Waals surface area contributed by atoms with Gasteiger partial charge in [0.1, 0.15) is 96.8 Å². The summed E-state index contributed by atoms with van der Waals surface area (Å²) in [5.74, 6) is -0.925. The summed E-state index contributed by atoms with van der Waals surface area (Å²) >= 11 is 0. The number of hydrogen-bond acceptors (Lipinski definition) is 26. The molecule has 30 heteroatoms. The van der Waals surface area contributed by atoms with Crippen molar-refractivity contribution in [2.45, 2.75) is 235 Å². The van der Waals surface area contributed by atoms with Gasteiger partial charge in [-0.25, -0.2) is 8.37 Å². The van der Waals surface area contributed by atoms with Crippen molar-refractivity contribution in [1.29, 1.82) is 0 Å². The van der Waals surface area contributed by atoms with Crippen LogP contribution in [0.2, 0.25) is 0 Å². The van der Waals surface area contributed by atoms with Gasteiger partial charge < -0.3 is 88.2 Å². The van der Waals surface area contributed by atoms with Crippen LogP contribution in [0, 0.1) is 39.4 Å². The minimum Gasteiger partial charge on any atom is -0.458 e. The molecule has 5 aliphatic heterocycles. The molecule has 10 N–H and O–H groups in total. The quantitative estimate of drug-likeness (QED) is 0.0335. The molecule has 9 aliphatic rings. The Kier molecular flexibility index (Phi) is 19.0. The van der Waals surface area contributed by atoms with Crippen LogP contribution in [-0.4, -0.2) is 234 Å². The molecule has 0 amide bonds. The van der Waals surface area contributed by atoms with Crippen molar-refractivity contribution < 1.29 is 132 Å². The summed E-state index contributed by atoms with van der Waals surface area (Å²) in [4.78, 5) is 28.7. The van der Waals surface area contributed by atoms with E-state index in [4.69, 9.17) is 51.9 Å². The largest absolute Gasteiger partial charge is 0.458 e. The SMILES string of the molecule is C=C(C)CCC[C@]1(C)OC(=O)[C@]23CC=C4[C@@H](CC[C@H]5C(C)(C)[C@@H](O[C@@H]6OC[C@@H](O)[C@H](O)[C@H]6O[C@@H]6O[C@H](COS(=O)(=O)O)[C@@H](O)[C@H](O[C@@H]7O[C@H](C)[C@@H](O[C@@H]8O[C@H](COS(=O)(=O)O)[C@@H](O)[C@H](OC)[C@H]8O)[C@H](O)[C@H]7O)[C@H]6O)CC[C@]45C)[C@]2(C)CC(=O)[C@@H]31. The van der Waals surface area contributed by atoms with E-state index in [0.29, 0.717) is 38.5 Å². The summed E-state index contributed by atoms with van der Waals surface area (Å²) in [6.45, 7) is 15.1. The molecule has 0 aromatic heterocycles. The van der Waals surface area contributed by atoms with Gasteiger partial charge in [-0.2, -0.15) is 16.8 Å². The lowest BCUT2D eigenvalue weighted by atomic mass is 9.41. The first-order chi connectivity index (χ1) is 39.0. The molecule has 0 unspecified atom stereocenters. The Bertz CT molecular complexity index is 2690.